The minimum Gasteiger partial charge on any atom is -0.324 e. The van der Waals surface area contributed by atoms with Gasteiger partial charge < -0.3 is 5.32 Å². The molecule has 0 bridgehead atoms. The first-order chi connectivity index (χ1) is 10.1. The van der Waals surface area contributed by atoms with Crippen LogP contribution in [0.15, 0.2) is 53.4 Å². The molecule has 21 heavy (non-hydrogen) atoms. The van der Waals surface area contributed by atoms with Gasteiger partial charge in [0.25, 0.3) is 0 Å². The highest BCUT2D eigenvalue weighted by Gasteiger charge is 2.15. The average Bonchev–Trinajstić information content (AvgIpc) is 2.50. The maximum Gasteiger partial charge on any atom is 0.237 e. The first kappa shape index (κ1) is 15.1. The van der Waals surface area contributed by atoms with E-state index in [9.17, 15) is 4.79 Å². The molecule has 0 heterocycles. The SMILES string of the molecule is Cc1ccc(S[C@H](C)C(=O)Nc2ccccc2C#N)cc1. The van der Waals surface area contributed by atoms with Gasteiger partial charge in [0.05, 0.1) is 16.5 Å². The highest BCUT2D eigenvalue weighted by Crippen LogP contribution is 2.25. The zero-order valence-electron chi connectivity index (χ0n) is 12.0. The lowest BCUT2D eigenvalue weighted by Crippen LogP contribution is -2.22. The topological polar surface area (TPSA) is 52.9 Å². The van der Waals surface area contributed by atoms with Crippen molar-refractivity contribution in [2.75, 3.05) is 5.32 Å². The van der Waals surface area contributed by atoms with Crippen LogP contribution in [0.1, 0.15) is 18.1 Å². The number of amides is 1. The van der Waals surface area contributed by atoms with Crippen LogP contribution in [-0.4, -0.2) is 11.2 Å². The second kappa shape index (κ2) is 6.96. The Balaban J connectivity index is 2.03. The van der Waals surface area contributed by atoms with Gasteiger partial charge in [-0.25, -0.2) is 0 Å². The minimum atomic E-state index is -0.237. The van der Waals surface area contributed by atoms with Crippen molar-refractivity contribution in [2.24, 2.45) is 0 Å². The number of thioether (sulfide) groups is 1. The Kier molecular flexibility index (Phi) is 5.02. The Morgan fingerprint density at radius 3 is 2.52 bits per heavy atom. The van der Waals surface area contributed by atoms with Crippen LogP contribution in [0.2, 0.25) is 0 Å². The van der Waals surface area contributed by atoms with Gasteiger partial charge in [-0.15, -0.1) is 11.8 Å². The Bertz CT molecular complexity index is 674. The summed E-state index contributed by atoms with van der Waals surface area (Å²) in [6.07, 6.45) is 0. The van der Waals surface area contributed by atoms with Gasteiger partial charge in [0.15, 0.2) is 0 Å². The van der Waals surface area contributed by atoms with E-state index in [1.54, 1.807) is 24.3 Å². The first-order valence-electron chi connectivity index (χ1n) is 6.63. The smallest absolute Gasteiger partial charge is 0.237 e. The van der Waals surface area contributed by atoms with Gasteiger partial charge in [-0.1, -0.05) is 29.8 Å². The quantitative estimate of drug-likeness (QED) is 0.868. The van der Waals surface area contributed by atoms with Crippen LogP contribution in [0.4, 0.5) is 5.69 Å². The van der Waals surface area contributed by atoms with Gasteiger partial charge in [-0.2, -0.15) is 5.26 Å². The summed E-state index contributed by atoms with van der Waals surface area (Å²) in [5, 5.41) is 11.6. The number of aryl methyl sites for hydroxylation is 1. The normalized spacial score (nSPS) is 11.5. The van der Waals surface area contributed by atoms with E-state index in [0.717, 1.165) is 4.90 Å². The lowest BCUT2D eigenvalue weighted by molar-refractivity contribution is -0.115. The van der Waals surface area contributed by atoms with Crippen molar-refractivity contribution >= 4 is 23.4 Å². The van der Waals surface area contributed by atoms with E-state index in [1.165, 1.54) is 17.3 Å². The maximum absolute atomic E-state index is 12.2. The van der Waals surface area contributed by atoms with Crippen molar-refractivity contribution in [2.45, 2.75) is 24.0 Å². The molecule has 0 fully saturated rings. The fraction of sp³-hybridized carbons (Fsp3) is 0.176. The number of hydrogen-bond donors (Lipinski definition) is 1. The second-order valence-corrected chi connectivity index (χ2v) is 6.13. The Hall–Kier alpha value is -2.25. The predicted molar refractivity (Wildman–Crippen MR) is 86.3 cm³/mol. The molecule has 0 aliphatic heterocycles. The molecule has 2 rings (SSSR count). The largest absolute Gasteiger partial charge is 0.324 e. The molecule has 4 heteroatoms. The molecule has 2 aromatic carbocycles. The average molecular weight is 296 g/mol. The van der Waals surface area contributed by atoms with Crippen molar-refractivity contribution in [1.29, 1.82) is 5.26 Å². The van der Waals surface area contributed by atoms with Crippen molar-refractivity contribution in [3.05, 3.63) is 59.7 Å². The van der Waals surface area contributed by atoms with E-state index in [0.29, 0.717) is 11.3 Å². The van der Waals surface area contributed by atoms with Crippen molar-refractivity contribution in [3.63, 3.8) is 0 Å². The van der Waals surface area contributed by atoms with Crippen LogP contribution >= 0.6 is 11.8 Å². The molecule has 3 nitrogen and oxygen atoms in total. The fourth-order valence-electron chi connectivity index (χ4n) is 1.80. The van der Waals surface area contributed by atoms with Crippen LogP contribution in [-0.2, 0) is 4.79 Å². The maximum atomic E-state index is 12.2. The number of carbonyl (C=O) groups excluding carboxylic acids is 1. The van der Waals surface area contributed by atoms with Crippen LogP contribution < -0.4 is 5.32 Å². The molecule has 0 spiro atoms. The molecule has 0 saturated carbocycles. The van der Waals surface area contributed by atoms with E-state index in [1.807, 2.05) is 38.1 Å². The Labute approximate surface area is 129 Å². The van der Waals surface area contributed by atoms with Gasteiger partial charge in [0.2, 0.25) is 5.91 Å². The van der Waals surface area contributed by atoms with Crippen LogP contribution in [0, 0.1) is 18.3 Å². The highest BCUT2D eigenvalue weighted by molar-refractivity contribution is 8.00. The summed E-state index contributed by atoms with van der Waals surface area (Å²) < 4.78 is 0. The standard InChI is InChI=1S/C17H16N2OS/c1-12-7-9-15(10-8-12)21-13(2)17(20)19-16-6-4-3-5-14(16)11-18/h3-10,13H,1-2H3,(H,19,20)/t13-/m1/s1. The number of carbonyl (C=O) groups is 1. The number of para-hydroxylation sites is 1. The number of benzene rings is 2. The number of nitrogens with one attached hydrogen (secondary N) is 1. The molecular formula is C17H16N2OS. The van der Waals surface area contributed by atoms with E-state index in [4.69, 9.17) is 5.26 Å². The number of hydrogen-bond acceptors (Lipinski definition) is 3. The van der Waals surface area contributed by atoms with Gasteiger partial charge in [0, 0.05) is 4.90 Å². The molecule has 0 aliphatic rings. The third-order valence-electron chi connectivity index (χ3n) is 3.01. The molecule has 106 valence electrons. The molecular weight excluding hydrogens is 280 g/mol. The Morgan fingerprint density at radius 2 is 1.86 bits per heavy atom. The number of rotatable bonds is 4. The first-order valence-corrected chi connectivity index (χ1v) is 7.51. The van der Waals surface area contributed by atoms with Gasteiger partial charge in [-0.05, 0) is 38.1 Å². The molecule has 0 aromatic heterocycles. The summed E-state index contributed by atoms with van der Waals surface area (Å²) in [5.74, 6) is -0.108. The minimum absolute atomic E-state index is 0.108. The lowest BCUT2D eigenvalue weighted by atomic mass is 10.2. The molecule has 2 aromatic rings. The lowest BCUT2D eigenvalue weighted by Gasteiger charge is -2.13. The zero-order valence-corrected chi connectivity index (χ0v) is 12.8. The fourth-order valence-corrected chi connectivity index (χ4v) is 2.67. The number of nitrogens with zero attached hydrogens (tertiary/aromatic N) is 1. The summed E-state index contributed by atoms with van der Waals surface area (Å²) in [7, 11) is 0. The summed E-state index contributed by atoms with van der Waals surface area (Å²) in [4.78, 5) is 13.3. The summed E-state index contributed by atoms with van der Waals surface area (Å²) in [5.41, 5.74) is 2.22. The van der Waals surface area contributed by atoms with E-state index >= 15 is 0 Å². The van der Waals surface area contributed by atoms with Crippen LogP contribution in [0.25, 0.3) is 0 Å². The van der Waals surface area contributed by atoms with Crippen molar-refractivity contribution in [1.82, 2.24) is 0 Å². The Morgan fingerprint density at radius 1 is 1.19 bits per heavy atom. The van der Waals surface area contributed by atoms with E-state index in [2.05, 4.69) is 11.4 Å². The van der Waals surface area contributed by atoms with Gasteiger partial charge >= 0.3 is 0 Å². The molecule has 1 amide bonds. The van der Waals surface area contributed by atoms with Crippen molar-refractivity contribution in [3.8, 4) is 6.07 Å². The zero-order chi connectivity index (χ0) is 15.2. The monoisotopic (exact) mass is 296 g/mol. The van der Waals surface area contributed by atoms with E-state index < -0.39 is 0 Å². The molecule has 0 unspecified atom stereocenters. The third kappa shape index (κ3) is 4.11. The highest BCUT2D eigenvalue weighted by atomic mass is 32.2. The summed E-state index contributed by atoms with van der Waals surface area (Å²) in [6, 6.07) is 17.1. The molecule has 1 atom stereocenters. The summed E-state index contributed by atoms with van der Waals surface area (Å²) >= 11 is 1.50. The summed E-state index contributed by atoms with van der Waals surface area (Å²) in [6.45, 7) is 3.89. The number of anilines is 1. The van der Waals surface area contributed by atoms with Crippen LogP contribution in [0.5, 0.6) is 0 Å². The van der Waals surface area contributed by atoms with Crippen LogP contribution in [0.3, 0.4) is 0 Å². The van der Waals surface area contributed by atoms with Crippen molar-refractivity contribution < 1.29 is 4.79 Å². The predicted octanol–water partition coefficient (Wildman–Crippen LogP) is 3.99. The number of nitriles is 1. The molecule has 0 aliphatic carbocycles. The van der Waals surface area contributed by atoms with Gasteiger partial charge in [-0.3, -0.25) is 4.79 Å². The van der Waals surface area contributed by atoms with E-state index in [-0.39, 0.29) is 11.2 Å². The molecule has 0 radical (unpaired) electrons. The second-order valence-electron chi connectivity index (χ2n) is 4.72. The molecule has 1 N–H and O–H groups in total. The third-order valence-corrected chi connectivity index (χ3v) is 4.12. The van der Waals surface area contributed by atoms with Gasteiger partial charge in [0.1, 0.15) is 6.07 Å². The molecule has 0 saturated heterocycles.